The van der Waals surface area contributed by atoms with Crippen LogP contribution in [0.25, 0.3) is 5.57 Å². The number of allylic oxidation sites excluding steroid dienone is 2. The Hall–Kier alpha value is -2.70. The number of pyridine rings is 1. The Bertz CT molecular complexity index is 1050. The largest absolute Gasteiger partial charge is 0.737 e. The molecule has 0 radical (unpaired) electrons. The predicted octanol–water partition coefficient (Wildman–Crippen LogP) is 3.94. The van der Waals surface area contributed by atoms with E-state index in [0.29, 0.717) is 28.7 Å². The van der Waals surface area contributed by atoms with Crippen molar-refractivity contribution in [3.8, 4) is 5.88 Å². The van der Waals surface area contributed by atoms with Crippen LogP contribution < -0.4 is 4.74 Å². The zero-order valence-corrected chi connectivity index (χ0v) is 15.5. The highest BCUT2D eigenvalue weighted by atomic mass is 19.2. The van der Waals surface area contributed by atoms with Crippen LogP contribution in [-0.4, -0.2) is 33.7 Å². The SMILES string of the molecule is COc1cc(C2=C3C(C)=CC(C)=[N+]3[B-](F)(F)n3c(C)cc(C)c32)ccn1. The van der Waals surface area contributed by atoms with Crippen molar-refractivity contribution in [1.82, 2.24) is 9.46 Å². The fourth-order valence-electron chi connectivity index (χ4n) is 4.25. The second-order valence-electron chi connectivity index (χ2n) is 6.92. The second kappa shape index (κ2) is 5.40. The highest BCUT2D eigenvalue weighted by Gasteiger charge is 2.55. The van der Waals surface area contributed by atoms with Gasteiger partial charge in [-0.2, -0.15) is 0 Å². The Morgan fingerprint density at radius 3 is 2.58 bits per heavy atom. The fourth-order valence-corrected chi connectivity index (χ4v) is 4.25. The first kappa shape index (κ1) is 16.8. The van der Waals surface area contributed by atoms with Gasteiger partial charge >= 0.3 is 6.97 Å². The lowest BCUT2D eigenvalue weighted by Crippen LogP contribution is -2.51. The van der Waals surface area contributed by atoms with E-state index < -0.39 is 6.97 Å². The van der Waals surface area contributed by atoms with Crippen LogP contribution in [0.2, 0.25) is 0 Å². The maximum atomic E-state index is 15.5. The molecule has 0 saturated carbocycles. The molecular formula is C19H20BF2N3O. The van der Waals surface area contributed by atoms with Crippen LogP contribution in [0.3, 0.4) is 0 Å². The van der Waals surface area contributed by atoms with Crippen molar-refractivity contribution in [3.05, 3.63) is 64.3 Å². The number of halogens is 2. The lowest BCUT2D eigenvalue weighted by Gasteiger charge is -2.34. The fraction of sp³-hybridized carbons (Fsp3) is 0.263. The lowest BCUT2D eigenvalue weighted by molar-refractivity contribution is -0.363. The monoisotopic (exact) mass is 355 g/mol. The van der Waals surface area contributed by atoms with E-state index in [2.05, 4.69) is 4.98 Å². The number of ether oxygens (including phenoxy) is 1. The van der Waals surface area contributed by atoms with Gasteiger partial charge in [0, 0.05) is 36.5 Å². The van der Waals surface area contributed by atoms with Gasteiger partial charge in [-0.05, 0) is 49.7 Å². The quantitative estimate of drug-likeness (QED) is 0.764. The molecule has 2 aromatic rings. The van der Waals surface area contributed by atoms with Gasteiger partial charge in [-0.15, -0.1) is 0 Å². The molecule has 0 spiro atoms. The van der Waals surface area contributed by atoms with E-state index in [4.69, 9.17) is 4.74 Å². The molecule has 2 aromatic heterocycles. The van der Waals surface area contributed by atoms with Gasteiger partial charge in [0.2, 0.25) is 5.88 Å². The van der Waals surface area contributed by atoms with Crippen molar-refractivity contribution in [2.45, 2.75) is 27.7 Å². The third-order valence-electron chi connectivity index (χ3n) is 5.17. The number of fused-ring (bicyclic) bond motifs is 2. The lowest BCUT2D eigenvalue weighted by atomic mass is 9.84. The molecule has 0 aliphatic carbocycles. The van der Waals surface area contributed by atoms with Gasteiger partial charge in [0.25, 0.3) is 0 Å². The maximum absolute atomic E-state index is 15.5. The smallest absolute Gasteiger partial charge is 0.481 e. The highest BCUT2D eigenvalue weighted by molar-refractivity contribution is 6.58. The summed E-state index contributed by atoms with van der Waals surface area (Å²) >= 11 is 0. The summed E-state index contributed by atoms with van der Waals surface area (Å²) in [7, 11) is 1.55. The Morgan fingerprint density at radius 1 is 1.15 bits per heavy atom. The minimum atomic E-state index is -3.95. The molecule has 0 unspecified atom stereocenters. The molecule has 0 amide bonds. The van der Waals surface area contributed by atoms with E-state index >= 15 is 8.63 Å². The van der Waals surface area contributed by atoms with E-state index in [9.17, 15) is 0 Å². The van der Waals surface area contributed by atoms with Gasteiger partial charge < -0.3 is 22.3 Å². The Morgan fingerprint density at radius 2 is 1.88 bits per heavy atom. The Labute approximate surface area is 151 Å². The summed E-state index contributed by atoms with van der Waals surface area (Å²) in [6.45, 7) is 3.27. The molecule has 0 fully saturated rings. The number of methoxy groups -OCH3 is 1. The van der Waals surface area contributed by atoms with E-state index in [1.807, 2.05) is 32.1 Å². The van der Waals surface area contributed by atoms with Crippen molar-refractivity contribution < 1.29 is 17.9 Å². The summed E-state index contributed by atoms with van der Waals surface area (Å²) in [5.74, 6) is 0.456. The summed E-state index contributed by atoms with van der Waals surface area (Å²) in [6, 6.07) is 5.46. The standard InChI is InChI=1S/C19H20BF2N3O/c1-11-8-13(3)24-18(11)17(15-6-7-23-16(10-15)26-5)19-12(2)9-14(4)25(19)20(24,21)22/h6-10H,1-5H3. The molecule has 0 bridgehead atoms. The number of nitrogens with zero attached hydrogens (tertiary/aromatic N) is 3. The highest BCUT2D eigenvalue weighted by Crippen LogP contribution is 2.44. The second-order valence-corrected chi connectivity index (χ2v) is 6.92. The van der Waals surface area contributed by atoms with Crippen LogP contribution in [0, 0.1) is 13.8 Å². The number of rotatable bonds is 2. The van der Waals surface area contributed by atoms with Crippen molar-refractivity contribution >= 4 is 18.3 Å². The minimum Gasteiger partial charge on any atom is -0.481 e. The maximum Gasteiger partial charge on any atom is 0.737 e. The van der Waals surface area contributed by atoms with E-state index in [0.717, 1.165) is 22.3 Å². The van der Waals surface area contributed by atoms with Gasteiger partial charge in [0.15, 0.2) is 5.70 Å². The van der Waals surface area contributed by atoms with E-state index in [1.165, 1.54) is 8.96 Å². The molecule has 26 heavy (non-hydrogen) atoms. The third-order valence-corrected chi connectivity index (χ3v) is 5.17. The third kappa shape index (κ3) is 2.06. The number of aromatic nitrogens is 2. The van der Waals surface area contributed by atoms with Crippen molar-refractivity contribution in [2.75, 3.05) is 7.11 Å². The molecule has 4 nitrogen and oxygen atoms in total. The van der Waals surface area contributed by atoms with E-state index in [1.54, 1.807) is 33.2 Å². The van der Waals surface area contributed by atoms with Gasteiger partial charge in [-0.25, -0.2) is 4.98 Å². The summed E-state index contributed by atoms with van der Waals surface area (Å²) in [4.78, 5) is 4.16. The van der Waals surface area contributed by atoms with E-state index in [-0.39, 0.29) is 0 Å². The van der Waals surface area contributed by atoms with Gasteiger partial charge in [-0.3, -0.25) is 0 Å². The van der Waals surface area contributed by atoms with Crippen molar-refractivity contribution in [1.29, 1.82) is 0 Å². The van der Waals surface area contributed by atoms with Crippen molar-refractivity contribution in [3.63, 3.8) is 0 Å². The molecule has 2 aliphatic heterocycles. The molecule has 0 N–H and O–H groups in total. The predicted molar refractivity (Wildman–Crippen MR) is 98.8 cm³/mol. The first-order valence-electron chi connectivity index (χ1n) is 8.55. The Kier molecular flexibility index (Phi) is 3.48. The summed E-state index contributed by atoms with van der Waals surface area (Å²) in [5.41, 5.74) is 5.50. The molecule has 134 valence electrons. The normalized spacial score (nSPS) is 18.0. The van der Waals surface area contributed by atoms with Gasteiger partial charge in [0.1, 0.15) is 5.71 Å². The summed E-state index contributed by atoms with van der Waals surface area (Å²) in [6.07, 6.45) is 3.46. The summed E-state index contributed by atoms with van der Waals surface area (Å²) in [5, 5.41) is 0. The first-order valence-corrected chi connectivity index (χ1v) is 8.55. The number of hydrogen-bond acceptors (Lipinski definition) is 2. The molecule has 0 aromatic carbocycles. The molecule has 0 saturated heterocycles. The number of aryl methyl sites for hydroxylation is 2. The molecular weight excluding hydrogens is 335 g/mol. The Balaban J connectivity index is 2.16. The van der Waals surface area contributed by atoms with Gasteiger partial charge in [0.05, 0.1) is 12.7 Å². The molecule has 7 heteroatoms. The van der Waals surface area contributed by atoms with Gasteiger partial charge in [-0.1, -0.05) is 0 Å². The van der Waals surface area contributed by atoms with Crippen LogP contribution in [0.15, 0.2) is 41.7 Å². The van der Waals surface area contributed by atoms with Crippen LogP contribution in [0.4, 0.5) is 8.63 Å². The van der Waals surface area contributed by atoms with Crippen LogP contribution in [-0.2, 0) is 0 Å². The molecule has 4 rings (SSSR count). The van der Waals surface area contributed by atoms with Crippen LogP contribution in [0.1, 0.15) is 36.4 Å². The molecule has 0 atom stereocenters. The van der Waals surface area contributed by atoms with Crippen molar-refractivity contribution in [2.24, 2.45) is 0 Å². The molecule has 4 heterocycles. The topological polar surface area (TPSA) is 30.1 Å². The van der Waals surface area contributed by atoms with Crippen LogP contribution in [0.5, 0.6) is 5.88 Å². The first-order chi connectivity index (χ1) is 12.3. The van der Waals surface area contributed by atoms with Crippen LogP contribution >= 0.6 is 0 Å². The average Bonchev–Trinajstić information content (AvgIpc) is 3.05. The molecule has 2 aliphatic rings. The zero-order valence-electron chi connectivity index (χ0n) is 15.5. The number of hydrogen-bond donors (Lipinski definition) is 0. The summed E-state index contributed by atoms with van der Waals surface area (Å²) < 4.78 is 38.7. The zero-order chi connectivity index (χ0) is 18.8. The minimum absolute atomic E-state index is 0.456. The average molecular weight is 355 g/mol.